The van der Waals surface area contributed by atoms with Crippen LogP contribution in [0.3, 0.4) is 0 Å². The van der Waals surface area contributed by atoms with Crippen LogP contribution in [0.25, 0.3) is 0 Å². The van der Waals surface area contributed by atoms with E-state index in [0.29, 0.717) is 45.8 Å². The maximum atomic E-state index is 5.73. The molecule has 0 amide bonds. The molecule has 1 aliphatic heterocycles. The molecule has 0 aromatic carbocycles. The van der Waals surface area contributed by atoms with E-state index < -0.39 is 0 Å². The fraction of sp³-hybridized carbons (Fsp3) is 0.561. The second-order valence-corrected chi connectivity index (χ2v) is 18.1. The molecule has 0 aliphatic carbocycles. The Morgan fingerprint density at radius 1 is 0.556 bits per heavy atom. The number of aromatic nitrogens is 7. The van der Waals surface area contributed by atoms with Gasteiger partial charge in [0.25, 0.3) is 0 Å². The molecule has 0 atom stereocenters. The molecule has 0 fully saturated rings. The lowest BCUT2D eigenvalue weighted by Crippen LogP contribution is -2.00. The highest BCUT2D eigenvalue weighted by Crippen LogP contribution is 2.27. The Kier molecular flexibility index (Phi) is 23.2. The normalized spacial score (nSPS) is 11.9. The molecule has 2 N–H and O–H groups in total. The van der Waals surface area contributed by atoms with Gasteiger partial charge in [-0.1, -0.05) is 112 Å². The smallest absolute Gasteiger partial charge is 0.143 e. The summed E-state index contributed by atoms with van der Waals surface area (Å²) >= 11 is 16.6. The Morgan fingerprint density at radius 2 is 1.00 bits per heavy atom. The largest absolute Gasteiger partial charge is 0.286 e. The van der Waals surface area contributed by atoms with Crippen molar-refractivity contribution < 1.29 is 0 Å². The van der Waals surface area contributed by atoms with Crippen LogP contribution < -0.4 is 0 Å². The molecule has 0 unspecified atom stereocenters. The summed E-state index contributed by atoms with van der Waals surface area (Å²) in [5.41, 5.74) is 14.2. The number of aliphatic imine (C=N–C) groups is 1. The van der Waals surface area contributed by atoms with Crippen molar-refractivity contribution in [2.24, 2.45) is 10.9 Å². The fourth-order valence-corrected chi connectivity index (χ4v) is 8.25. The number of allylic oxidation sites excluding steroid dienone is 1. The number of aromatic amines is 2. The first-order valence-corrected chi connectivity index (χ1v) is 22.0. The van der Waals surface area contributed by atoms with Gasteiger partial charge in [-0.05, 0) is 74.3 Å². The Labute approximate surface area is 347 Å². The number of halogens is 2. The number of hydrogen-bond donors (Lipinski definition) is 2. The Bertz CT molecular complexity index is 1550. The van der Waals surface area contributed by atoms with Crippen molar-refractivity contribution >= 4 is 62.9 Å². The van der Waals surface area contributed by atoms with Gasteiger partial charge in [0.05, 0.1) is 46.9 Å². The molecule has 13 heteroatoms. The van der Waals surface area contributed by atoms with E-state index in [4.69, 9.17) is 23.2 Å². The van der Waals surface area contributed by atoms with E-state index >= 15 is 0 Å². The second-order valence-electron chi connectivity index (χ2n) is 14.7. The summed E-state index contributed by atoms with van der Waals surface area (Å²) in [6, 6.07) is 0. The second kappa shape index (κ2) is 25.5. The Hall–Kier alpha value is -2.70. The molecule has 5 aromatic heterocycles. The topological polar surface area (TPSA) is 108 Å². The third-order valence-electron chi connectivity index (χ3n) is 8.10. The summed E-state index contributed by atoms with van der Waals surface area (Å²) in [6.45, 7) is 35.1. The zero-order chi connectivity index (χ0) is 41.1. The zero-order valence-electron chi connectivity index (χ0n) is 35.3. The van der Waals surface area contributed by atoms with Crippen molar-refractivity contribution in [3.8, 4) is 0 Å². The van der Waals surface area contributed by atoms with Gasteiger partial charge in [0.2, 0.25) is 0 Å². The summed E-state index contributed by atoms with van der Waals surface area (Å²) in [4.78, 5) is 20.5. The van der Waals surface area contributed by atoms with Gasteiger partial charge in [0, 0.05) is 31.6 Å². The van der Waals surface area contributed by atoms with E-state index in [9.17, 15) is 0 Å². The van der Waals surface area contributed by atoms with Crippen LogP contribution >= 0.6 is 57.2 Å². The first-order chi connectivity index (χ1) is 25.3. The molecule has 0 spiro atoms. The van der Waals surface area contributed by atoms with Crippen molar-refractivity contribution in [3.63, 3.8) is 0 Å². The van der Waals surface area contributed by atoms with Gasteiger partial charge in [-0.3, -0.25) is 15.2 Å². The lowest BCUT2D eigenvalue weighted by atomic mass is 10.0. The fourth-order valence-electron chi connectivity index (χ4n) is 5.14. The van der Waals surface area contributed by atoms with Gasteiger partial charge < -0.3 is 0 Å². The van der Waals surface area contributed by atoms with Crippen molar-refractivity contribution in [2.75, 3.05) is 6.54 Å². The molecule has 6 rings (SSSR count). The first kappa shape index (κ1) is 49.3. The summed E-state index contributed by atoms with van der Waals surface area (Å²) in [5.74, 6) is 3.47. The van der Waals surface area contributed by atoms with E-state index in [1.54, 1.807) is 45.7 Å². The predicted octanol–water partition coefficient (Wildman–Crippen LogP) is 14.1. The molecule has 0 bridgehead atoms. The molecule has 1 aliphatic rings. The minimum absolute atomic E-state index is 0.455. The van der Waals surface area contributed by atoms with E-state index in [0.717, 1.165) is 12.1 Å². The van der Waals surface area contributed by atoms with Crippen LogP contribution in [0.1, 0.15) is 162 Å². The van der Waals surface area contributed by atoms with Gasteiger partial charge >= 0.3 is 0 Å². The minimum atomic E-state index is 0.455. The van der Waals surface area contributed by atoms with Crippen molar-refractivity contribution in [3.05, 3.63) is 93.7 Å². The van der Waals surface area contributed by atoms with Gasteiger partial charge in [0.1, 0.15) is 10.3 Å². The summed E-state index contributed by atoms with van der Waals surface area (Å²) in [6.07, 6.45) is 5.85. The number of nitrogens with zero attached hydrogens (tertiary/aromatic N) is 6. The van der Waals surface area contributed by atoms with Crippen LogP contribution in [0.5, 0.6) is 0 Å². The summed E-state index contributed by atoms with van der Waals surface area (Å²) in [7, 11) is 0. The van der Waals surface area contributed by atoms with E-state index in [2.05, 4.69) is 150 Å². The highest BCUT2D eigenvalue weighted by atomic mass is 35.5. The van der Waals surface area contributed by atoms with Crippen LogP contribution in [-0.4, -0.2) is 47.6 Å². The van der Waals surface area contributed by atoms with E-state index in [-0.39, 0.29) is 0 Å². The Balaban J connectivity index is 0.000000324. The molecule has 6 heterocycles. The molecule has 5 aromatic rings. The van der Waals surface area contributed by atoms with Crippen LogP contribution in [0, 0.1) is 26.7 Å². The van der Waals surface area contributed by atoms with Gasteiger partial charge in [-0.25, -0.2) is 15.0 Å². The van der Waals surface area contributed by atoms with Crippen molar-refractivity contribution in [1.82, 2.24) is 35.3 Å². The Morgan fingerprint density at radius 3 is 1.19 bits per heavy atom. The third kappa shape index (κ3) is 17.4. The lowest BCUT2D eigenvalue weighted by Gasteiger charge is -2.04. The lowest BCUT2D eigenvalue weighted by molar-refractivity contribution is 0.804. The molecule has 0 saturated heterocycles. The quantitative estimate of drug-likeness (QED) is 0.177. The number of hydrogen-bond acceptors (Lipinski definition) is 9. The molecule has 54 heavy (non-hydrogen) atoms. The summed E-state index contributed by atoms with van der Waals surface area (Å²) in [5, 5.41) is 14.6. The molecule has 300 valence electrons. The van der Waals surface area contributed by atoms with Crippen LogP contribution in [0.15, 0.2) is 45.6 Å². The highest BCUT2D eigenvalue weighted by Gasteiger charge is 2.10. The standard InChI is InChI=1S/C8H13N.C7H12N2.2C7H11NS.C6H9ClN2.C6H8ClNS/c1-6(2)8-4-5-9-7(8)3;1-5(2)7-4-8-9-6(7)3;2*1-5(2)7-6(3)8-4-9-7;1-4(2)5-3-8-9-6(5)7;1-4(2)5-6(7)8-3-9-5/h4,6H,5H2,1-3H3;4-5H,1-3H3,(H,8,9);2*4-5H,1-3H3;3-4H,1-2H3,(H,8,9);3-4H,1-2H3. The van der Waals surface area contributed by atoms with Gasteiger partial charge in [-0.15, -0.1) is 34.0 Å². The molecule has 0 radical (unpaired) electrons. The molecule has 8 nitrogen and oxygen atoms in total. The van der Waals surface area contributed by atoms with Crippen molar-refractivity contribution in [2.45, 2.75) is 140 Å². The summed E-state index contributed by atoms with van der Waals surface area (Å²) < 4.78 is 0. The number of H-pyrrole nitrogens is 2. The van der Waals surface area contributed by atoms with Crippen molar-refractivity contribution in [1.29, 1.82) is 0 Å². The zero-order valence-corrected chi connectivity index (χ0v) is 39.3. The molecular formula is C41H64Cl2N8S3. The van der Waals surface area contributed by atoms with E-state index in [1.165, 1.54) is 48.6 Å². The molecular weight excluding hydrogens is 772 g/mol. The number of rotatable bonds is 6. The van der Waals surface area contributed by atoms with Crippen LogP contribution in [-0.2, 0) is 0 Å². The SMILES string of the molecule is CC(C)c1cn[nH]c1Cl.CC(C)c1scnc1Cl.CC1=NCC=C1C(C)C.Cc1[nH]ncc1C(C)C.Cc1ncsc1C(C)C.Cc1ncsc1C(C)C. The minimum Gasteiger partial charge on any atom is -0.286 e. The first-order valence-electron chi connectivity index (χ1n) is 18.6. The highest BCUT2D eigenvalue weighted by molar-refractivity contribution is 7.10. The monoisotopic (exact) mass is 834 g/mol. The maximum Gasteiger partial charge on any atom is 0.143 e. The number of aryl methyl sites for hydroxylation is 3. The van der Waals surface area contributed by atoms with Gasteiger partial charge in [-0.2, -0.15) is 10.2 Å². The van der Waals surface area contributed by atoms with E-state index in [1.807, 2.05) is 24.1 Å². The van der Waals surface area contributed by atoms with Crippen LogP contribution in [0.4, 0.5) is 0 Å². The number of thiazole rings is 3. The third-order valence-corrected chi connectivity index (χ3v) is 12.4. The maximum absolute atomic E-state index is 5.73. The average molecular weight is 836 g/mol. The van der Waals surface area contributed by atoms with Crippen LogP contribution in [0.2, 0.25) is 10.3 Å². The average Bonchev–Trinajstić information content (AvgIpc) is 3.93. The molecule has 0 saturated carbocycles. The predicted molar refractivity (Wildman–Crippen MR) is 239 cm³/mol. The van der Waals surface area contributed by atoms with Gasteiger partial charge in [0.15, 0.2) is 0 Å². The number of nitrogens with one attached hydrogen (secondary N) is 2.